The van der Waals surface area contributed by atoms with Gasteiger partial charge < -0.3 is 5.11 Å². The molecule has 0 spiro atoms. The molecular formula is C9H10ClNO2S. The normalized spacial score (nSPS) is 28.8. The Labute approximate surface area is 90.7 Å². The second kappa shape index (κ2) is 2.94. The van der Waals surface area contributed by atoms with Crippen LogP contribution in [0.15, 0.2) is 6.20 Å². The third-order valence-electron chi connectivity index (χ3n) is 2.85. The average molecular weight is 232 g/mol. The van der Waals surface area contributed by atoms with Crippen LogP contribution in [0.1, 0.15) is 24.8 Å². The van der Waals surface area contributed by atoms with Crippen LogP contribution in [0.5, 0.6) is 0 Å². The van der Waals surface area contributed by atoms with Gasteiger partial charge in [-0.1, -0.05) is 25.4 Å². The van der Waals surface area contributed by atoms with Crippen molar-refractivity contribution in [2.75, 3.05) is 0 Å². The fourth-order valence-electron chi connectivity index (χ4n) is 1.97. The third-order valence-corrected chi connectivity index (χ3v) is 4.05. The van der Waals surface area contributed by atoms with Gasteiger partial charge in [-0.15, -0.1) is 11.3 Å². The molecule has 1 heterocycles. The van der Waals surface area contributed by atoms with Crippen LogP contribution in [0.2, 0.25) is 4.34 Å². The number of rotatable bonds is 2. The van der Waals surface area contributed by atoms with E-state index in [9.17, 15) is 4.79 Å². The fourth-order valence-corrected chi connectivity index (χ4v) is 3.23. The van der Waals surface area contributed by atoms with Gasteiger partial charge in [-0.3, -0.25) is 4.79 Å². The highest BCUT2D eigenvalue weighted by Crippen LogP contribution is 2.65. The zero-order valence-corrected chi connectivity index (χ0v) is 9.39. The van der Waals surface area contributed by atoms with Gasteiger partial charge in [-0.25, -0.2) is 4.98 Å². The molecule has 0 unspecified atom stereocenters. The van der Waals surface area contributed by atoms with Crippen molar-refractivity contribution in [2.24, 2.45) is 11.3 Å². The molecule has 2 rings (SSSR count). The van der Waals surface area contributed by atoms with E-state index in [1.807, 2.05) is 13.8 Å². The summed E-state index contributed by atoms with van der Waals surface area (Å²) >= 11 is 7.13. The third kappa shape index (κ3) is 1.33. The van der Waals surface area contributed by atoms with Crippen molar-refractivity contribution >= 4 is 28.9 Å². The Morgan fingerprint density at radius 3 is 2.71 bits per heavy atom. The highest BCUT2D eigenvalue weighted by atomic mass is 35.5. The maximum atomic E-state index is 10.9. The molecule has 1 saturated carbocycles. The summed E-state index contributed by atoms with van der Waals surface area (Å²) < 4.78 is 0.617. The number of carbonyl (C=O) groups is 1. The first-order valence-corrected chi connectivity index (χ1v) is 5.48. The van der Waals surface area contributed by atoms with Gasteiger partial charge in [0.1, 0.15) is 4.34 Å². The zero-order valence-electron chi connectivity index (χ0n) is 7.82. The number of halogens is 1. The Hall–Kier alpha value is -0.610. The van der Waals surface area contributed by atoms with E-state index < -0.39 is 5.97 Å². The molecule has 0 aromatic carbocycles. The van der Waals surface area contributed by atoms with Crippen LogP contribution in [0.4, 0.5) is 0 Å². The molecule has 0 saturated heterocycles. The second-order valence-electron chi connectivity index (χ2n) is 4.12. The first-order valence-electron chi connectivity index (χ1n) is 4.28. The second-order valence-corrected chi connectivity index (χ2v) is 5.81. The monoisotopic (exact) mass is 231 g/mol. The highest BCUT2D eigenvalue weighted by Gasteiger charge is 2.64. The summed E-state index contributed by atoms with van der Waals surface area (Å²) in [5.41, 5.74) is -0.187. The smallest absolute Gasteiger partial charge is 0.307 e. The van der Waals surface area contributed by atoms with Crippen molar-refractivity contribution in [3.8, 4) is 0 Å². The molecule has 1 aliphatic rings. The summed E-state index contributed by atoms with van der Waals surface area (Å²) in [5, 5.41) is 9.81. The van der Waals surface area contributed by atoms with Crippen LogP contribution >= 0.6 is 22.9 Å². The van der Waals surface area contributed by atoms with Gasteiger partial charge >= 0.3 is 5.97 Å². The Balaban J connectivity index is 2.27. The minimum Gasteiger partial charge on any atom is -0.481 e. The number of thiazole rings is 1. The van der Waals surface area contributed by atoms with E-state index in [2.05, 4.69) is 4.98 Å². The summed E-state index contributed by atoms with van der Waals surface area (Å²) in [6.07, 6.45) is 1.58. The largest absolute Gasteiger partial charge is 0.481 e. The number of carboxylic acid groups (broad SMARTS) is 1. The van der Waals surface area contributed by atoms with Crippen LogP contribution in [0.3, 0.4) is 0 Å². The Kier molecular flexibility index (Phi) is 2.08. The van der Waals surface area contributed by atoms with E-state index in [-0.39, 0.29) is 17.3 Å². The molecule has 0 radical (unpaired) electrons. The van der Waals surface area contributed by atoms with Crippen LogP contribution in [0, 0.1) is 11.3 Å². The lowest BCUT2D eigenvalue weighted by Gasteiger charge is -1.97. The summed E-state index contributed by atoms with van der Waals surface area (Å²) in [6.45, 7) is 3.90. The maximum Gasteiger partial charge on any atom is 0.307 e. The zero-order chi connectivity index (χ0) is 10.5. The quantitative estimate of drug-likeness (QED) is 0.851. The summed E-state index contributed by atoms with van der Waals surface area (Å²) in [6, 6.07) is 0. The molecule has 2 atom stereocenters. The van der Waals surface area contributed by atoms with Crippen LogP contribution < -0.4 is 0 Å². The summed E-state index contributed by atoms with van der Waals surface area (Å²) in [4.78, 5) is 15.0. The van der Waals surface area contributed by atoms with E-state index >= 15 is 0 Å². The first-order chi connectivity index (χ1) is 6.44. The fraction of sp³-hybridized carbons (Fsp3) is 0.556. The molecule has 0 aliphatic heterocycles. The number of carboxylic acids is 1. The molecule has 1 aromatic heterocycles. The van der Waals surface area contributed by atoms with Crippen molar-refractivity contribution in [3.63, 3.8) is 0 Å². The maximum absolute atomic E-state index is 10.9. The van der Waals surface area contributed by atoms with Gasteiger partial charge in [-0.2, -0.15) is 0 Å². The average Bonchev–Trinajstić information content (AvgIpc) is 2.42. The van der Waals surface area contributed by atoms with Gasteiger partial charge in [0.15, 0.2) is 0 Å². The van der Waals surface area contributed by atoms with E-state index in [1.54, 1.807) is 6.20 Å². The van der Waals surface area contributed by atoms with E-state index in [0.29, 0.717) is 4.34 Å². The number of aromatic nitrogens is 1. The molecule has 1 aliphatic carbocycles. The Morgan fingerprint density at radius 2 is 2.36 bits per heavy atom. The standard InChI is InChI=1S/C9H10ClNO2S/c1-9(2)5(6(9)8(12)13)7-11-3-4(10)14-7/h3,5-6H,1-2H3,(H,12,13)/t5-,6-/m1/s1. The lowest BCUT2D eigenvalue weighted by atomic mass is 10.1. The van der Waals surface area contributed by atoms with Crippen molar-refractivity contribution in [3.05, 3.63) is 15.5 Å². The molecule has 1 N–H and O–H groups in total. The molecule has 76 valence electrons. The summed E-state index contributed by atoms with van der Waals surface area (Å²) in [5.74, 6) is -1.03. The molecule has 0 bridgehead atoms. The highest BCUT2D eigenvalue weighted by molar-refractivity contribution is 7.15. The Morgan fingerprint density at radius 1 is 1.71 bits per heavy atom. The van der Waals surface area contributed by atoms with E-state index in [0.717, 1.165) is 5.01 Å². The molecule has 3 nitrogen and oxygen atoms in total. The van der Waals surface area contributed by atoms with Crippen LogP contribution in [-0.4, -0.2) is 16.1 Å². The van der Waals surface area contributed by atoms with Crippen molar-refractivity contribution < 1.29 is 9.90 Å². The SMILES string of the molecule is CC1(C)[C@@H](C(=O)O)[C@@H]1c1ncc(Cl)s1. The predicted molar refractivity (Wildman–Crippen MR) is 54.8 cm³/mol. The lowest BCUT2D eigenvalue weighted by Crippen LogP contribution is -2.03. The molecule has 5 heteroatoms. The first kappa shape index (κ1) is 9.93. The van der Waals surface area contributed by atoms with Crippen LogP contribution in [-0.2, 0) is 4.79 Å². The van der Waals surface area contributed by atoms with Gasteiger partial charge in [-0.05, 0) is 5.41 Å². The topological polar surface area (TPSA) is 50.2 Å². The van der Waals surface area contributed by atoms with Crippen molar-refractivity contribution in [1.82, 2.24) is 4.98 Å². The molecular weight excluding hydrogens is 222 g/mol. The van der Waals surface area contributed by atoms with E-state index in [4.69, 9.17) is 16.7 Å². The lowest BCUT2D eigenvalue weighted by molar-refractivity contribution is -0.139. The summed E-state index contributed by atoms with van der Waals surface area (Å²) in [7, 11) is 0. The van der Waals surface area contributed by atoms with Crippen molar-refractivity contribution in [1.29, 1.82) is 0 Å². The molecule has 1 aromatic rings. The van der Waals surface area contributed by atoms with Gasteiger partial charge in [0.2, 0.25) is 0 Å². The Bertz CT molecular complexity index is 388. The number of hydrogen-bond acceptors (Lipinski definition) is 3. The number of nitrogens with zero attached hydrogens (tertiary/aromatic N) is 1. The van der Waals surface area contributed by atoms with Crippen molar-refractivity contribution in [2.45, 2.75) is 19.8 Å². The number of aliphatic carboxylic acids is 1. The molecule has 1 fully saturated rings. The minimum absolute atomic E-state index is 0.0255. The van der Waals surface area contributed by atoms with Gasteiger partial charge in [0, 0.05) is 5.92 Å². The predicted octanol–water partition coefficient (Wildman–Crippen LogP) is 2.62. The number of hydrogen-bond donors (Lipinski definition) is 1. The van der Waals surface area contributed by atoms with Gasteiger partial charge in [0.05, 0.1) is 17.1 Å². The molecule has 14 heavy (non-hydrogen) atoms. The van der Waals surface area contributed by atoms with E-state index in [1.165, 1.54) is 11.3 Å². The molecule has 0 amide bonds. The van der Waals surface area contributed by atoms with Gasteiger partial charge in [0.25, 0.3) is 0 Å². The van der Waals surface area contributed by atoms with Crippen LogP contribution in [0.25, 0.3) is 0 Å². The minimum atomic E-state index is -0.744.